The molecule has 0 fully saturated rings. The van der Waals surface area contributed by atoms with Crippen LogP contribution in [0.25, 0.3) is 5.57 Å². The molecule has 4 rings (SSSR count). The predicted octanol–water partition coefficient (Wildman–Crippen LogP) is 13.3. The quantitative estimate of drug-likeness (QED) is 0.0602. The van der Waals surface area contributed by atoms with E-state index in [0.717, 1.165) is 42.5 Å². The standard InChI is InChI=1S/C48H51N/c1-7-24-39(9-3)46(10-4)49-47(41-28-19-14-20-29-41)33-23-12-11-16-30-42(25-8-2)48(43-31-21-15-22-32-43)45-36-37(5)34-35-44(45)38(6)40-26-17-13-18-27-40/h7-10,13-24,26-33,35-38,47H,1-4,11-12,25,34H2,5-6H3/b30-16-,33-23?,39-24+,48-42+,49-46?. The smallest absolute Gasteiger partial charge is 0.0937 e. The summed E-state index contributed by atoms with van der Waals surface area (Å²) in [5, 5.41) is 0. The molecule has 1 nitrogen and oxygen atoms in total. The van der Waals surface area contributed by atoms with Crippen LogP contribution < -0.4 is 0 Å². The van der Waals surface area contributed by atoms with Crippen LogP contribution in [0.3, 0.4) is 0 Å². The molecular weight excluding hydrogens is 591 g/mol. The van der Waals surface area contributed by atoms with Crippen molar-refractivity contribution in [2.24, 2.45) is 10.9 Å². The molecule has 0 saturated carbocycles. The number of rotatable bonds is 17. The van der Waals surface area contributed by atoms with Crippen LogP contribution in [-0.4, -0.2) is 5.71 Å². The van der Waals surface area contributed by atoms with Crippen molar-refractivity contribution in [3.8, 4) is 0 Å². The zero-order valence-electron chi connectivity index (χ0n) is 29.3. The monoisotopic (exact) mass is 641 g/mol. The number of unbranched alkanes of at least 4 members (excludes halogenated alkanes) is 1. The van der Waals surface area contributed by atoms with Crippen molar-refractivity contribution < 1.29 is 0 Å². The highest BCUT2D eigenvalue weighted by Crippen LogP contribution is 2.43. The first-order valence-electron chi connectivity index (χ1n) is 17.4. The van der Waals surface area contributed by atoms with Gasteiger partial charge in [-0.05, 0) is 82.2 Å². The second-order valence-electron chi connectivity index (χ2n) is 12.4. The molecule has 0 bridgehead atoms. The van der Waals surface area contributed by atoms with E-state index in [4.69, 9.17) is 4.99 Å². The lowest BCUT2D eigenvalue weighted by Crippen LogP contribution is -2.10. The van der Waals surface area contributed by atoms with Crippen LogP contribution in [0, 0.1) is 5.92 Å². The zero-order valence-corrected chi connectivity index (χ0v) is 29.3. The first-order chi connectivity index (χ1) is 24.0. The highest BCUT2D eigenvalue weighted by atomic mass is 14.8. The van der Waals surface area contributed by atoms with Crippen LogP contribution in [0.1, 0.15) is 68.2 Å². The van der Waals surface area contributed by atoms with Gasteiger partial charge < -0.3 is 0 Å². The van der Waals surface area contributed by atoms with Crippen LogP contribution in [0.2, 0.25) is 0 Å². The van der Waals surface area contributed by atoms with Crippen LogP contribution >= 0.6 is 0 Å². The molecule has 0 saturated heterocycles. The predicted molar refractivity (Wildman–Crippen MR) is 216 cm³/mol. The minimum atomic E-state index is -0.135. The van der Waals surface area contributed by atoms with Crippen molar-refractivity contribution >= 4 is 11.3 Å². The van der Waals surface area contributed by atoms with Crippen LogP contribution in [-0.2, 0) is 0 Å². The normalized spacial score (nSPS) is 17.1. The number of nitrogens with zero attached hydrogens (tertiary/aromatic N) is 1. The molecule has 1 aliphatic rings. The SMILES string of the molecule is C=C/C=C(\C=C)C(C=C)=NC(C=CCC/C=C\C(CC=C)=C(\C1=CC(C)CC=C1C(C)c1ccccc1)c1ccccc1)c1ccccc1. The van der Waals surface area contributed by atoms with Gasteiger partial charge in [-0.1, -0.05) is 185 Å². The van der Waals surface area contributed by atoms with E-state index in [9.17, 15) is 0 Å². The van der Waals surface area contributed by atoms with Crippen molar-refractivity contribution in [1.29, 1.82) is 0 Å². The Morgan fingerprint density at radius 1 is 0.816 bits per heavy atom. The van der Waals surface area contributed by atoms with E-state index in [1.54, 1.807) is 18.2 Å². The summed E-state index contributed by atoms with van der Waals surface area (Å²) in [6.45, 7) is 20.6. The lowest BCUT2D eigenvalue weighted by molar-refractivity contribution is 0.711. The fraction of sp³-hybridized carbons (Fsp3) is 0.188. The second-order valence-corrected chi connectivity index (χ2v) is 12.4. The first-order valence-corrected chi connectivity index (χ1v) is 17.4. The van der Waals surface area contributed by atoms with E-state index in [0.29, 0.717) is 5.92 Å². The lowest BCUT2D eigenvalue weighted by atomic mass is 9.76. The summed E-state index contributed by atoms with van der Waals surface area (Å²) >= 11 is 0. The second kappa shape index (κ2) is 19.5. The Balaban J connectivity index is 1.65. The van der Waals surface area contributed by atoms with Gasteiger partial charge in [0.1, 0.15) is 0 Å². The van der Waals surface area contributed by atoms with Gasteiger partial charge in [0.2, 0.25) is 0 Å². The fourth-order valence-electron chi connectivity index (χ4n) is 6.26. The molecule has 3 aromatic carbocycles. The minimum Gasteiger partial charge on any atom is -0.273 e. The summed E-state index contributed by atoms with van der Waals surface area (Å²) in [5.41, 5.74) is 10.7. The fourth-order valence-corrected chi connectivity index (χ4v) is 6.26. The van der Waals surface area contributed by atoms with Gasteiger partial charge in [0.25, 0.3) is 0 Å². The molecular formula is C48H51N. The van der Waals surface area contributed by atoms with E-state index in [2.05, 4.69) is 162 Å². The van der Waals surface area contributed by atoms with Gasteiger partial charge in [0, 0.05) is 5.92 Å². The summed E-state index contributed by atoms with van der Waals surface area (Å²) < 4.78 is 0. The van der Waals surface area contributed by atoms with Gasteiger partial charge in [-0.15, -0.1) is 6.58 Å². The molecule has 1 aliphatic carbocycles. The molecule has 0 spiro atoms. The van der Waals surface area contributed by atoms with Gasteiger partial charge in [-0.3, -0.25) is 4.99 Å². The Bertz CT molecular complexity index is 1770. The molecule has 0 heterocycles. The summed E-state index contributed by atoms with van der Waals surface area (Å²) in [6, 6.07) is 31.9. The third kappa shape index (κ3) is 10.4. The van der Waals surface area contributed by atoms with Crippen LogP contribution in [0.15, 0.2) is 211 Å². The average molecular weight is 642 g/mol. The molecule has 3 unspecified atom stereocenters. The van der Waals surface area contributed by atoms with Crippen molar-refractivity contribution in [3.05, 3.63) is 223 Å². The van der Waals surface area contributed by atoms with Crippen molar-refractivity contribution in [3.63, 3.8) is 0 Å². The van der Waals surface area contributed by atoms with Gasteiger partial charge in [0.05, 0.1) is 11.8 Å². The third-order valence-electron chi connectivity index (χ3n) is 8.82. The third-order valence-corrected chi connectivity index (χ3v) is 8.82. The summed E-state index contributed by atoms with van der Waals surface area (Å²) in [5.74, 6) is 0.755. The maximum Gasteiger partial charge on any atom is 0.0937 e. The molecule has 3 atom stereocenters. The number of allylic oxidation sites excluding steroid dienone is 15. The van der Waals surface area contributed by atoms with Crippen molar-refractivity contribution in [2.75, 3.05) is 0 Å². The summed E-state index contributed by atoms with van der Waals surface area (Å²) in [6.07, 6.45) is 26.9. The number of aliphatic imine (C=N–C) groups is 1. The molecule has 0 aliphatic heterocycles. The van der Waals surface area contributed by atoms with Gasteiger partial charge in [-0.25, -0.2) is 0 Å². The molecule has 1 heteroatoms. The average Bonchev–Trinajstić information content (AvgIpc) is 3.14. The molecule has 248 valence electrons. The topological polar surface area (TPSA) is 12.4 Å². The maximum absolute atomic E-state index is 5.06. The Morgan fingerprint density at radius 3 is 2.06 bits per heavy atom. The summed E-state index contributed by atoms with van der Waals surface area (Å²) in [7, 11) is 0. The largest absolute Gasteiger partial charge is 0.273 e. The molecule has 0 N–H and O–H groups in total. The zero-order chi connectivity index (χ0) is 34.8. The maximum atomic E-state index is 5.06. The highest BCUT2D eigenvalue weighted by Gasteiger charge is 2.24. The van der Waals surface area contributed by atoms with E-state index < -0.39 is 0 Å². The van der Waals surface area contributed by atoms with Crippen molar-refractivity contribution in [1.82, 2.24) is 0 Å². The van der Waals surface area contributed by atoms with E-state index in [-0.39, 0.29) is 12.0 Å². The Morgan fingerprint density at radius 2 is 1.45 bits per heavy atom. The summed E-state index contributed by atoms with van der Waals surface area (Å²) in [4.78, 5) is 5.06. The molecule has 49 heavy (non-hydrogen) atoms. The van der Waals surface area contributed by atoms with Crippen LogP contribution in [0.5, 0.6) is 0 Å². The minimum absolute atomic E-state index is 0.135. The van der Waals surface area contributed by atoms with E-state index >= 15 is 0 Å². The Hall–Kier alpha value is -5.27. The van der Waals surface area contributed by atoms with E-state index in [1.165, 1.54) is 33.4 Å². The van der Waals surface area contributed by atoms with Gasteiger partial charge in [0.15, 0.2) is 0 Å². The van der Waals surface area contributed by atoms with Gasteiger partial charge >= 0.3 is 0 Å². The molecule has 0 amide bonds. The van der Waals surface area contributed by atoms with Crippen LogP contribution in [0.4, 0.5) is 0 Å². The molecule has 0 radical (unpaired) electrons. The van der Waals surface area contributed by atoms with Crippen molar-refractivity contribution in [2.45, 2.75) is 51.5 Å². The highest BCUT2D eigenvalue weighted by molar-refractivity contribution is 6.10. The lowest BCUT2D eigenvalue weighted by Gasteiger charge is -2.28. The number of hydrogen-bond acceptors (Lipinski definition) is 1. The number of hydrogen-bond donors (Lipinski definition) is 0. The Kier molecular flexibility index (Phi) is 14.6. The molecule has 3 aromatic rings. The Labute approximate surface area is 295 Å². The van der Waals surface area contributed by atoms with E-state index in [1.807, 2.05) is 18.2 Å². The number of benzene rings is 3. The van der Waals surface area contributed by atoms with Gasteiger partial charge in [-0.2, -0.15) is 0 Å². The first kappa shape index (κ1) is 36.6. The molecule has 0 aromatic heterocycles.